The van der Waals surface area contributed by atoms with Crippen LogP contribution in [0.5, 0.6) is 0 Å². The highest BCUT2D eigenvalue weighted by Gasteiger charge is 2.34. The van der Waals surface area contributed by atoms with Gasteiger partial charge in [-0.25, -0.2) is 10.4 Å². The van der Waals surface area contributed by atoms with Crippen LogP contribution in [0.2, 0.25) is 0 Å². The normalized spacial score (nSPS) is 18.3. The number of hydrogen-bond acceptors (Lipinski definition) is 7. The van der Waals surface area contributed by atoms with Crippen LogP contribution >= 0.6 is 0 Å². The smallest absolute Gasteiger partial charge is 0.325 e. The Hall–Kier alpha value is -4.05. The molecule has 3 unspecified atom stereocenters. The molecule has 2 aromatic rings. The maximum Gasteiger partial charge on any atom is 0.325 e. The number of nitrogens with zero attached hydrogens (tertiary/aromatic N) is 2. The van der Waals surface area contributed by atoms with E-state index in [2.05, 4.69) is 27.6 Å². The topological polar surface area (TPSA) is 130 Å². The number of rotatable bonds is 11. The predicted molar refractivity (Wildman–Crippen MR) is 163 cm³/mol. The van der Waals surface area contributed by atoms with E-state index >= 15 is 0 Å². The first-order valence-corrected chi connectivity index (χ1v) is 14.5. The van der Waals surface area contributed by atoms with Crippen molar-refractivity contribution in [2.45, 2.75) is 78.6 Å². The van der Waals surface area contributed by atoms with E-state index in [-0.39, 0.29) is 23.7 Å². The van der Waals surface area contributed by atoms with Crippen LogP contribution in [-0.4, -0.2) is 58.4 Å². The first-order valence-electron chi connectivity index (χ1n) is 14.5. The van der Waals surface area contributed by atoms with Crippen molar-refractivity contribution in [1.82, 2.24) is 26.1 Å². The molecule has 0 saturated carbocycles. The number of aromatic nitrogens is 1. The molecule has 0 aliphatic carbocycles. The fourth-order valence-electron chi connectivity index (χ4n) is 4.73. The number of hydrazine groups is 1. The zero-order valence-electron chi connectivity index (χ0n) is 25.3. The Kier molecular flexibility index (Phi) is 11.4. The van der Waals surface area contributed by atoms with Gasteiger partial charge in [-0.05, 0) is 57.2 Å². The summed E-state index contributed by atoms with van der Waals surface area (Å²) in [6.07, 6.45) is 5.76. The van der Waals surface area contributed by atoms with Crippen LogP contribution in [0, 0.1) is 11.8 Å². The molecule has 1 fully saturated rings. The third kappa shape index (κ3) is 8.25. The van der Waals surface area contributed by atoms with Crippen LogP contribution in [0.3, 0.4) is 0 Å². The standard InChI is InChI=1S/C32H43N5O5/c1-8-11-20(5)29(38)35-28(19(3)4)30(39)33-21(6)31(40)37-17-10-12-26(36-37)32(41)42-22(7)25-16-15-24-14-13-23(9-2)18-27(24)34-25/h8-9,11,13-16,18-22,26,28,36H,2,10,12,17H2,1,3-7H3,(H,33,39)(H,35,38)/b11-8+/t20?,21?,22-,26?,28+/m1/s1. The summed E-state index contributed by atoms with van der Waals surface area (Å²) in [5.41, 5.74) is 5.31. The largest absolute Gasteiger partial charge is 0.455 e. The number of fused-ring (bicyclic) bond motifs is 1. The molecule has 226 valence electrons. The van der Waals surface area contributed by atoms with E-state index in [9.17, 15) is 19.2 Å². The summed E-state index contributed by atoms with van der Waals surface area (Å²) in [5, 5.41) is 7.83. The van der Waals surface area contributed by atoms with E-state index in [1.165, 1.54) is 5.01 Å². The highest BCUT2D eigenvalue weighted by atomic mass is 16.5. The van der Waals surface area contributed by atoms with Gasteiger partial charge in [0.05, 0.1) is 17.1 Å². The van der Waals surface area contributed by atoms with E-state index < -0.39 is 36.1 Å². The van der Waals surface area contributed by atoms with E-state index in [4.69, 9.17) is 4.74 Å². The average molecular weight is 578 g/mol. The minimum Gasteiger partial charge on any atom is -0.455 e. The summed E-state index contributed by atoms with van der Waals surface area (Å²) in [6, 6.07) is 7.20. The molecule has 1 saturated heterocycles. The number of pyridine rings is 1. The molecule has 0 radical (unpaired) electrons. The highest BCUT2D eigenvalue weighted by Crippen LogP contribution is 2.22. The Morgan fingerprint density at radius 2 is 1.79 bits per heavy atom. The average Bonchev–Trinajstić information content (AvgIpc) is 2.98. The summed E-state index contributed by atoms with van der Waals surface area (Å²) < 4.78 is 5.73. The van der Waals surface area contributed by atoms with Gasteiger partial charge in [-0.3, -0.25) is 24.2 Å². The predicted octanol–water partition coefficient (Wildman–Crippen LogP) is 3.84. The molecule has 1 aromatic heterocycles. The van der Waals surface area contributed by atoms with Crippen molar-refractivity contribution in [1.29, 1.82) is 0 Å². The molecule has 5 atom stereocenters. The highest BCUT2D eigenvalue weighted by molar-refractivity contribution is 5.92. The minimum atomic E-state index is -0.882. The molecular formula is C32H43N5O5. The second-order valence-corrected chi connectivity index (χ2v) is 11.1. The van der Waals surface area contributed by atoms with Crippen LogP contribution < -0.4 is 16.1 Å². The lowest BCUT2D eigenvalue weighted by Crippen LogP contribution is -2.61. The van der Waals surface area contributed by atoms with Crippen molar-refractivity contribution in [3.8, 4) is 0 Å². The van der Waals surface area contributed by atoms with Gasteiger partial charge in [0.15, 0.2) is 0 Å². The molecule has 10 heteroatoms. The number of carbonyl (C=O) groups excluding carboxylic acids is 4. The number of amides is 3. The number of hydrogen-bond donors (Lipinski definition) is 3. The molecule has 0 spiro atoms. The summed E-state index contributed by atoms with van der Waals surface area (Å²) >= 11 is 0. The molecule has 1 aliphatic heterocycles. The van der Waals surface area contributed by atoms with Gasteiger partial charge >= 0.3 is 5.97 Å². The van der Waals surface area contributed by atoms with Gasteiger partial charge in [-0.15, -0.1) is 0 Å². The van der Waals surface area contributed by atoms with Crippen molar-refractivity contribution >= 4 is 40.7 Å². The lowest BCUT2D eigenvalue weighted by molar-refractivity contribution is -0.157. The van der Waals surface area contributed by atoms with Gasteiger partial charge < -0.3 is 15.4 Å². The molecule has 2 heterocycles. The Labute approximate surface area is 247 Å². The Morgan fingerprint density at radius 1 is 1.07 bits per heavy atom. The zero-order valence-corrected chi connectivity index (χ0v) is 25.3. The lowest BCUT2D eigenvalue weighted by Gasteiger charge is -2.35. The Bertz CT molecular complexity index is 1340. The molecule has 1 aliphatic rings. The van der Waals surface area contributed by atoms with E-state index in [1.807, 2.05) is 51.1 Å². The first kappa shape index (κ1) is 32.5. The zero-order chi connectivity index (χ0) is 31.0. The van der Waals surface area contributed by atoms with E-state index in [0.29, 0.717) is 25.1 Å². The van der Waals surface area contributed by atoms with Crippen molar-refractivity contribution in [2.75, 3.05) is 6.54 Å². The lowest BCUT2D eigenvalue weighted by atomic mass is 10.0. The van der Waals surface area contributed by atoms with E-state index in [1.54, 1.807) is 39.0 Å². The van der Waals surface area contributed by atoms with Gasteiger partial charge in [-0.2, -0.15) is 0 Å². The second-order valence-electron chi connectivity index (χ2n) is 11.1. The van der Waals surface area contributed by atoms with Crippen molar-refractivity contribution in [3.05, 3.63) is 60.3 Å². The van der Waals surface area contributed by atoms with E-state index in [0.717, 1.165) is 16.5 Å². The van der Waals surface area contributed by atoms with Gasteiger partial charge in [-0.1, -0.05) is 63.8 Å². The molecule has 3 N–H and O–H groups in total. The SMILES string of the molecule is C=Cc1ccc2ccc([C@@H](C)OC(=O)C3CCCN(C(=O)C(C)NC(=O)[C@@H](NC(=O)C(C)/C=C/C)C(C)C)N3)nc2c1. The third-order valence-corrected chi connectivity index (χ3v) is 7.29. The summed E-state index contributed by atoms with van der Waals surface area (Å²) in [5.74, 6) is -2.17. The Balaban J connectivity index is 1.59. The number of nitrogens with one attached hydrogen (secondary N) is 3. The summed E-state index contributed by atoms with van der Waals surface area (Å²) in [6.45, 7) is 14.7. The van der Waals surface area contributed by atoms with Crippen LogP contribution in [0.15, 0.2) is 49.1 Å². The van der Waals surface area contributed by atoms with Crippen LogP contribution in [0.4, 0.5) is 0 Å². The first-order chi connectivity index (χ1) is 19.9. The molecule has 0 bridgehead atoms. The fourth-order valence-corrected chi connectivity index (χ4v) is 4.73. The van der Waals surface area contributed by atoms with Gasteiger partial charge in [0.2, 0.25) is 11.8 Å². The maximum atomic E-state index is 13.2. The molecule has 3 amide bonds. The Morgan fingerprint density at radius 3 is 2.45 bits per heavy atom. The molecular weight excluding hydrogens is 534 g/mol. The van der Waals surface area contributed by atoms with Crippen LogP contribution in [-0.2, 0) is 23.9 Å². The van der Waals surface area contributed by atoms with Gasteiger partial charge in [0.25, 0.3) is 5.91 Å². The number of ether oxygens (including phenoxy) is 1. The number of allylic oxidation sites excluding steroid dienone is 1. The molecule has 10 nitrogen and oxygen atoms in total. The van der Waals surface area contributed by atoms with Crippen molar-refractivity contribution in [2.24, 2.45) is 11.8 Å². The maximum absolute atomic E-state index is 13.2. The molecule has 42 heavy (non-hydrogen) atoms. The minimum absolute atomic E-state index is 0.190. The molecule has 1 aromatic carbocycles. The third-order valence-electron chi connectivity index (χ3n) is 7.29. The quantitative estimate of drug-likeness (QED) is 0.273. The van der Waals surface area contributed by atoms with Gasteiger partial charge in [0.1, 0.15) is 24.2 Å². The number of esters is 1. The monoisotopic (exact) mass is 577 g/mol. The van der Waals surface area contributed by atoms with Crippen LogP contribution in [0.25, 0.3) is 17.0 Å². The summed E-state index contributed by atoms with van der Waals surface area (Å²) in [4.78, 5) is 56.4. The van der Waals surface area contributed by atoms with Crippen LogP contribution in [0.1, 0.15) is 71.7 Å². The second kappa shape index (κ2) is 14.7. The fraction of sp³-hybridized carbons (Fsp3) is 0.469. The molecule has 3 rings (SSSR count). The van der Waals surface area contributed by atoms with Crippen molar-refractivity contribution in [3.63, 3.8) is 0 Å². The van der Waals surface area contributed by atoms with Gasteiger partial charge in [0, 0.05) is 11.9 Å². The number of carbonyl (C=O) groups is 4. The van der Waals surface area contributed by atoms with Crippen molar-refractivity contribution < 1.29 is 23.9 Å². The number of benzene rings is 1. The summed E-state index contributed by atoms with van der Waals surface area (Å²) in [7, 11) is 0.